The van der Waals surface area contributed by atoms with Crippen molar-refractivity contribution in [3.63, 3.8) is 0 Å². The maximum absolute atomic E-state index is 6.21. The molecule has 0 saturated heterocycles. The number of rotatable bonds is 3. The van der Waals surface area contributed by atoms with E-state index in [4.69, 9.17) is 21.7 Å². The largest absolute Gasteiger partial charge is 0.340 e. The zero-order chi connectivity index (χ0) is 19.1. The second-order valence-corrected chi connectivity index (χ2v) is 7.73. The molecule has 0 saturated carbocycles. The molecule has 2 aromatic carbocycles. The van der Waals surface area contributed by atoms with E-state index in [0.717, 1.165) is 46.8 Å². The molecule has 0 aliphatic heterocycles. The highest BCUT2D eigenvalue weighted by Crippen LogP contribution is 2.35. The van der Waals surface area contributed by atoms with Gasteiger partial charge in [-0.25, -0.2) is 4.98 Å². The summed E-state index contributed by atoms with van der Waals surface area (Å²) in [6.07, 6.45) is 4.38. The normalized spacial score (nSPS) is 13.5. The van der Waals surface area contributed by atoms with Gasteiger partial charge in [0.05, 0.1) is 5.69 Å². The van der Waals surface area contributed by atoms with Crippen molar-refractivity contribution in [2.75, 3.05) is 5.32 Å². The van der Waals surface area contributed by atoms with Gasteiger partial charge in [-0.3, -0.25) is 0 Å². The molecule has 0 radical (unpaired) electrons. The van der Waals surface area contributed by atoms with Crippen LogP contribution in [0, 0.1) is 6.92 Å². The Morgan fingerprint density at radius 1 is 1.00 bits per heavy atom. The lowest BCUT2D eigenvalue weighted by Crippen LogP contribution is -2.13. The zero-order valence-corrected chi connectivity index (χ0v) is 16.5. The van der Waals surface area contributed by atoms with Crippen molar-refractivity contribution in [2.45, 2.75) is 32.6 Å². The van der Waals surface area contributed by atoms with Crippen molar-refractivity contribution in [1.29, 1.82) is 0 Å². The van der Waals surface area contributed by atoms with Gasteiger partial charge in [-0.05, 0) is 56.4 Å². The number of hydrogen-bond acceptors (Lipinski definition) is 3. The summed E-state index contributed by atoms with van der Waals surface area (Å²) in [7, 11) is 0. The SMILES string of the molecule is Cc1nn2c(Nc3cccc(Cl)c3)c3c(nc2c1-c1ccccc1)CCCC3. The Balaban J connectivity index is 1.76. The van der Waals surface area contributed by atoms with E-state index in [1.165, 1.54) is 24.1 Å². The first-order chi connectivity index (χ1) is 13.7. The van der Waals surface area contributed by atoms with E-state index in [0.29, 0.717) is 5.02 Å². The summed E-state index contributed by atoms with van der Waals surface area (Å²) in [5, 5.41) is 9.17. The van der Waals surface area contributed by atoms with Crippen LogP contribution in [0.1, 0.15) is 29.8 Å². The molecule has 1 aliphatic carbocycles. The van der Waals surface area contributed by atoms with Crippen molar-refractivity contribution in [1.82, 2.24) is 14.6 Å². The fraction of sp³-hybridized carbons (Fsp3) is 0.217. The Morgan fingerprint density at radius 3 is 2.64 bits per heavy atom. The number of aryl methyl sites for hydroxylation is 2. The number of halogens is 1. The van der Waals surface area contributed by atoms with Crippen molar-refractivity contribution < 1.29 is 0 Å². The van der Waals surface area contributed by atoms with Crippen molar-refractivity contribution >= 4 is 28.8 Å². The lowest BCUT2D eigenvalue weighted by Gasteiger charge is -2.20. The lowest BCUT2D eigenvalue weighted by molar-refractivity contribution is 0.662. The van der Waals surface area contributed by atoms with E-state index in [9.17, 15) is 0 Å². The van der Waals surface area contributed by atoms with Gasteiger partial charge >= 0.3 is 0 Å². The minimum Gasteiger partial charge on any atom is -0.340 e. The first-order valence-electron chi connectivity index (χ1n) is 9.70. The molecular weight excluding hydrogens is 368 g/mol. The lowest BCUT2D eigenvalue weighted by atomic mass is 9.96. The van der Waals surface area contributed by atoms with E-state index in [1.807, 2.05) is 34.8 Å². The Labute approximate surface area is 169 Å². The van der Waals surface area contributed by atoms with Crippen LogP contribution in [-0.2, 0) is 12.8 Å². The van der Waals surface area contributed by atoms with Crippen LogP contribution in [0.4, 0.5) is 11.5 Å². The second-order valence-electron chi connectivity index (χ2n) is 7.29. The number of benzene rings is 2. The van der Waals surface area contributed by atoms with Gasteiger partial charge in [0, 0.05) is 27.5 Å². The molecule has 1 aliphatic rings. The maximum atomic E-state index is 6.21. The van der Waals surface area contributed by atoms with Crippen molar-refractivity contribution in [2.24, 2.45) is 0 Å². The molecule has 5 heteroatoms. The number of hydrogen-bond donors (Lipinski definition) is 1. The van der Waals surface area contributed by atoms with E-state index in [-0.39, 0.29) is 0 Å². The van der Waals surface area contributed by atoms with Crippen molar-refractivity contribution in [3.05, 3.63) is 76.6 Å². The van der Waals surface area contributed by atoms with Gasteiger partial charge in [0.2, 0.25) is 0 Å². The molecule has 2 aromatic heterocycles. The molecule has 4 nitrogen and oxygen atoms in total. The fourth-order valence-corrected chi connectivity index (χ4v) is 4.26. The zero-order valence-electron chi connectivity index (χ0n) is 15.7. The van der Waals surface area contributed by atoms with Crippen molar-refractivity contribution in [3.8, 4) is 11.1 Å². The smallest absolute Gasteiger partial charge is 0.165 e. The van der Waals surface area contributed by atoms with Crippen LogP contribution < -0.4 is 5.32 Å². The van der Waals surface area contributed by atoms with E-state index >= 15 is 0 Å². The monoisotopic (exact) mass is 388 g/mol. The minimum atomic E-state index is 0.714. The van der Waals surface area contributed by atoms with Gasteiger partial charge in [0.25, 0.3) is 0 Å². The molecule has 1 N–H and O–H groups in total. The topological polar surface area (TPSA) is 42.2 Å². The van der Waals surface area contributed by atoms with Crippen LogP contribution in [0.25, 0.3) is 16.8 Å². The van der Waals surface area contributed by atoms with Crippen LogP contribution in [0.15, 0.2) is 54.6 Å². The Hall–Kier alpha value is -2.85. The molecule has 28 heavy (non-hydrogen) atoms. The molecule has 0 spiro atoms. The van der Waals surface area contributed by atoms with Crippen LogP contribution in [-0.4, -0.2) is 14.6 Å². The van der Waals surface area contributed by atoms with Gasteiger partial charge in [-0.15, -0.1) is 0 Å². The van der Waals surface area contributed by atoms with Gasteiger partial charge < -0.3 is 5.32 Å². The van der Waals surface area contributed by atoms with Crippen LogP contribution >= 0.6 is 11.6 Å². The molecule has 0 bridgehead atoms. The van der Waals surface area contributed by atoms with Gasteiger partial charge in [-0.1, -0.05) is 48.0 Å². The predicted molar refractivity (Wildman–Crippen MR) is 115 cm³/mol. The number of fused-ring (bicyclic) bond motifs is 2. The van der Waals surface area contributed by atoms with E-state index in [2.05, 4.69) is 36.5 Å². The third-order valence-electron chi connectivity index (χ3n) is 5.36. The van der Waals surface area contributed by atoms with Gasteiger partial charge in [0.15, 0.2) is 5.65 Å². The number of anilines is 2. The van der Waals surface area contributed by atoms with E-state index in [1.54, 1.807) is 0 Å². The average molecular weight is 389 g/mol. The highest BCUT2D eigenvalue weighted by atomic mass is 35.5. The third kappa shape index (κ3) is 2.94. The molecule has 140 valence electrons. The highest BCUT2D eigenvalue weighted by molar-refractivity contribution is 6.30. The molecule has 2 heterocycles. The minimum absolute atomic E-state index is 0.714. The summed E-state index contributed by atoms with van der Waals surface area (Å²) >= 11 is 6.21. The quantitative estimate of drug-likeness (QED) is 0.469. The molecule has 0 fully saturated rings. The highest BCUT2D eigenvalue weighted by Gasteiger charge is 2.23. The average Bonchev–Trinajstić information content (AvgIpc) is 3.04. The number of nitrogens with one attached hydrogen (secondary N) is 1. The first kappa shape index (κ1) is 17.3. The summed E-state index contributed by atoms with van der Waals surface area (Å²) in [5.41, 5.74) is 7.54. The summed E-state index contributed by atoms with van der Waals surface area (Å²) in [4.78, 5) is 5.07. The Morgan fingerprint density at radius 2 is 1.82 bits per heavy atom. The molecular formula is C23H21ClN4. The standard InChI is InChI=1S/C23H21ClN4/c1-15-21(16-8-3-2-4-9-16)23-26-20-13-6-5-12-19(20)22(28(23)27-15)25-18-11-7-10-17(24)14-18/h2-4,7-11,14,25H,5-6,12-13H2,1H3. The van der Waals surface area contributed by atoms with Gasteiger partial charge in [0.1, 0.15) is 5.82 Å². The summed E-state index contributed by atoms with van der Waals surface area (Å²) < 4.78 is 1.97. The second kappa shape index (κ2) is 6.95. The van der Waals surface area contributed by atoms with Crippen LogP contribution in [0.5, 0.6) is 0 Å². The first-order valence-corrected chi connectivity index (χ1v) is 10.1. The molecule has 5 rings (SSSR count). The number of aromatic nitrogens is 3. The number of nitrogens with zero attached hydrogens (tertiary/aromatic N) is 3. The molecule has 0 atom stereocenters. The third-order valence-corrected chi connectivity index (χ3v) is 5.60. The Bertz CT molecular complexity index is 1160. The maximum Gasteiger partial charge on any atom is 0.165 e. The molecule has 4 aromatic rings. The molecule has 0 amide bonds. The van der Waals surface area contributed by atoms with Gasteiger partial charge in [-0.2, -0.15) is 9.61 Å². The summed E-state index contributed by atoms with van der Waals surface area (Å²) in [6.45, 7) is 2.05. The summed E-state index contributed by atoms with van der Waals surface area (Å²) in [6, 6.07) is 18.2. The van der Waals surface area contributed by atoms with Crippen LogP contribution in [0.2, 0.25) is 5.02 Å². The summed E-state index contributed by atoms with van der Waals surface area (Å²) in [5.74, 6) is 1.01. The van der Waals surface area contributed by atoms with Crippen LogP contribution in [0.3, 0.4) is 0 Å². The Kier molecular flexibility index (Phi) is 4.29. The predicted octanol–water partition coefficient (Wildman–Crippen LogP) is 5.98. The van der Waals surface area contributed by atoms with E-state index < -0.39 is 0 Å². The fourth-order valence-electron chi connectivity index (χ4n) is 4.07. The molecule has 0 unspecified atom stereocenters.